The van der Waals surface area contributed by atoms with E-state index < -0.39 is 11.6 Å². The maximum Gasteiger partial charge on any atom is 0.254 e. The monoisotopic (exact) mass is 531 g/mol. The van der Waals surface area contributed by atoms with E-state index in [1.807, 2.05) is 44.2 Å². The number of hydrogen-bond acceptors (Lipinski definition) is 4. The molecule has 8 heteroatoms. The van der Waals surface area contributed by atoms with Crippen molar-refractivity contribution in [3.8, 4) is 17.3 Å². The van der Waals surface area contributed by atoms with Gasteiger partial charge < -0.3 is 14.4 Å². The fourth-order valence-corrected chi connectivity index (χ4v) is 4.79. The molecule has 1 amide bonds. The number of ether oxygens (including phenoxy) is 2. The predicted molar refractivity (Wildman–Crippen MR) is 144 cm³/mol. The first-order valence-corrected chi connectivity index (χ1v) is 13.2. The van der Waals surface area contributed by atoms with Gasteiger partial charge in [-0.15, -0.1) is 0 Å². The van der Waals surface area contributed by atoms with E-state index in [1.54, 1.807) is 33.8 Å². The van der Waals surface area contributed by atoms with Gasteiger partial charge in [0.1, 0.15) is 5.82 Å². The van der Waals surface area contributed by atoms with Gasteiger partial charge in [-0.2, -0.15) is 5.10 Å². The largest absolute Gasteiger partial charge is 0.435 e. The molecule has 6 nitrogen and oxygen atoms in total. The number of hydrogen-bond donors (Lipinski definition) is 0. The molecule has 39 heavy (non-hydrogen) atoms. The first kappa shape index (κ1) is 26.6. The predicted octanol–water partition coefficient (Wildman–Crippen LogP) is 6.89. The summed E-state index contributed by atoms with van der Waals surface area (Å²) >= 11 is 0. The molecule has 0 N–H and O–H groups in total. The lowest BCUT2D eigenvalue weighted by Gasteiger charge is -2.26. The van der Waals surface area contributed by atoms with Crippen molar-refractivity contribution in [2.24, 2.45) is 0 Å². The average molecular weight is 532 g/mol. The number of nitrogens with zero attached hydrogens (tertiary/aromatic N) is 3. The van der Waals surface area contributed by atoms with Crippen molar-refractivity contribution < 1.29 is 23.0 Å². The molecule has 1 aliphatic rings. The Morgan fingerprint density at radius 3 is 2.54 bits per heavy atom. The van der Waals surface area contributed by atoms with Crippen LogP contribution in [-0.2, 0) is 11.3 Å². The van der Waals surface area contributed by atoms with Crippen LogP contribution in [0.1, 0.15) is 54.2 Å². The highest BCUT2D eigenvalue weighted by Crippen LogP contribution is 2.36. The fraction of sp³-hybridized carbons (Fsp3) is 0.290. The summed E-state index contributed by atoms with van der Waals surface area (Å²) < 4.78 is 42.5. The van der Waals surface area contributed by atoms with E-state index in [0.717, 1.165) is 24.2 Å². The summed E-state index contributed by atoms with van der Waals surface area (Å²) in [5.41, 5.74) is 2.35. The Bertz CT molecular complexity index is 1430. The van der Waals surface area contributed by atoms with E-state index in [-0.39, 0.29) is 35.8 Å². The van der Waals surface area contributed by atoms with Crippen LogP contribution in [0.3, 0.4) is 0 Å². The third-order valence-corrected chi connectivity index (χ3v) is 6.71. The molecule has 0 saturated carbocycles. The Morgan fingerprint density at radius 2 is 1.85 bits per heavy atom. The van der Waals surface area contributed by atoms with Crippen molar-refractivity contribution in [2.75, 3.05) is 13.2 Å². The van der Waals surface area contributed by atoms with E-state index in [1.165, 1.54) is 24.3 Å². The highest BCUT2D eigenvalue weighted by atomic mass is 19.1. The van der Waals surface area contributed by atoms with Crippen molar-refractivity contribution in [1.29, 1.82) is 0 Å². The van der Waals surface area contributed by atoms with E-state index in [0.29, 0.717) is 24.6 Å². The first-order valence-electron chi connectivity index (χ1n) is 13.2. The Hall–Kier alpha value is -4.04. The number of benzene rings is 3. The Balaban J connectivity index is 1.62. The topological polar surface area (TPSA) is 56.6 Å². The second-order valence-electron chi connectivity index (χ2n) is 9.93. The van der Waals surface area contributed by atoms with Gasteiger partial charge in [-0.3, -0.25) is 4.79 Å². The summed E-state index contributed by atoms with van der Waals surface area (Å²) in [6.07, 6.45) is 1.61. The molecular weight excluding hydrogens is 500 g/mol. The standard InChI is InChI=1S/C31H31F2N3O3/c1-21(2)29-26(20-35(19-25-14-9-17-38-25)30(37)22-10-8-11-23(32)18-22)31(39-28-16-7-6-15-27(28)33)36(34-29)24-12-4-3-5-13-24/h3-8,10-13,15-16,18,21,25H,9,14,17,19-20H2,1-2H3/t25-/m1/s1. The number of carbonyl (C=O) groups excluding carboxylic acids is 1. The van der Waals surface area contributed by atoms with E-state index in [9.17, 15) is 13.6 Å². The maximum absolute atomic E-state index is 14.8. The van der Waals surface area contributed by atoms with Gasteiger partial charge >= 0.3 is 0 Å². The number of amides is 1. The van der Waals surface area contributed by atoms with Gasteiger partial charge in [-0.05, 0) is 61.2 Å². The second-order valence-corrected chi connectivity index (χ2v) is 9.93. The number of halogens is 2. The molecule has 0 unspecified atom stereocenters. The van der Waals surface area contributed by atoms with Gasteiger partial charge in [0.05, 0.1) is 29.6 Å². The molecule has 0 spiro atoms. The third kappa shape index (κ3) is 6.01. The molecule has 3 aromatic carbocycles. The zero-order valence-corrected chi connectivity index (χ0v) is 22.0. The smallest absolute Gasteiger partial charge is 0.254 e. The van der Waals surface area contributed by atoms with Crippen LogP contribution in [0.25, 0.3) is 5.69 Å². The van der Waals surface area contributed by atoms with Gasteiger partial charge in [0, 0.05) is 18.7 Å². The summed E-state index contributed by atoms with van der Waals surface area (Å²) in [4.78, 5) is 15.4. The quantitative estimate of drug-likeness (QED) is 0.236. The Labute approximate surface area is 226 Å². The molecule has 5 rings (SSSR count). The number of aromatic nitrogens is 2. The molecule has 1 fully saturated rings. The molecule has 1 atom stereocenters. The molecular formula is C31H31F2N3O3. The minimum Gasteiger partial charge on any atom is -0.435 e. The molecule has 4 aromatic rings. The molecule has 1 aliphatic heterocycles. The summed E-state index contributed by atoms with van der Waals surface area (Å²) in [6.45, 7) is 5.10. The van der Waals surface area contributed by atoms with Crippen LogP contribution >= 0.6 is 0 Å². The summed E-state index contributed by atoms with van der Waals surface area (Å²) in [6, 6.07) is 21.3. The van der Waals surface area contributed by atoms with Gasteiger partial charge in [-0.1, -0.05) is 50.2 Å². The highest BCUT2D eigenvalue weighted by molar-refractivity contribution is 5.94. The van der Waals surface area contributed by atoms with E-state index in [2.05, 4.69) is 0 Å². The van der Waals surface area contributed by atoms with Crippen LogP contribution in [0.4, 0.5) is 8.78 Å². The van der Waals surface area contributed by atoms with Gasteiger partial charge in [-0.25, -0.2) is 13.5 Å². The van der Waals surface area contributed by atoms with Crippen LogP contribution in [0.5, 0.6) is 11.6 Å². The Kier molecular flexibility index (Phi) is 8.02. The third-order valence-electron chi connectivity index (χ3n) is 6.71. The summed E-state index contributed by atoms with van der Waals surface area (Å²) in [5.74, 6) is -0.984. The van der Waals surface area contributed by atoms with Crippen LogP contribution < -0.4 is 4.74 Å². The van der Waals surface area contributed by atoms with Crippen LogP contribution in [0.15, 0.2) is 78.9 Å². The molecule has 1 saturated heterocycles. The average Bonchev–Trinajstić information content (AvgIpc) is 3.58. The SMILES string of the molecule is CC(C)c1nn(-c2ccccc2)c(Oc2ccccc2F)c1CN(C[C@H]1CCCO1)C(=O)c1cccc(F)c1. The second kappa shape index (κ2) is 11.8. The molecule has 0 bridgehead atoms. The van der Waals surface area contributed by atoms with Crippen molar-refractivity contribution in [2.45, 2.75) is 45.3 Å². The van der Waals surface area contributed by atoms with Crippen molar-refractivity contribution in [3.05, 3.63) is 107 Å². The number of carbonyl (C=O) groups is 1. The first-order chi connectivity index (χ1) is 18.9. The van der Waals surface area contributed by atoms with E-state index >= 15 is 0 Å². The van der Waals surface area contributed by atoms with Crippen molar-refractivity contribution in [3.63, 3.8) is 0 Å². The number of para-hydroxylation sites is 2. The van der Waals surface area contributed by atoms with Gasteiger partial charge in [0.15, 0.2) is 11.6 Å². The van der Waals surface area contributed by atoms with Crippen molar-refractivity contribution >= 4 is 5.91 Å². The Morgan fingerprint density at radius 1 is 1.08 bits per heavy atom. The van der Waals surface area contributed by atoms with E-state index in [4.69, 9.17) is 14.6 Å². The number of rotatable bonds is 9. The van der Waals surface area contributed by atoms with Gasteiger partial charge in [0.2, 0.25) is 5.88 Å². The molecule has 0 aliphatic carbocycles. The summed E-state index contributed by atoms with van der Waals surface area (Å²) in [7, 11) is 0. The lowest BCUT2D eigenvalue weighted by molar-refractivity contribution is 0.0505. The molecule has 2 heterocycles. The lowest BCUT2D eigenvalue weighted by atomic mass is 10.0. The zero-order valence-electron chi connectivity index (χ0n) is 22.0. The van der Waals surface area contributed by atoms with Gasteiger partial charge in [0.25, 0.3) is 5.91 Å². The van der Waals surface area contributed by atoms with Crippen LogP contribution in [-0.4, -0.2) is 39.8 Å². The normalized spacial score (nSPS) is 15.1. The highest BCUT2D eigenvalue weighted by Gasteiger charge is 2.30. The molecule has 1 aromatic heterocycles. The summed E-state index contributed by atoms with van der Waals surface area (Å²) in [5, 5.41) is 4.88. The van der Waals surface area contributed by atoms with Crippen LogP contribution in [0, 0.1) is 11.6 Å². The minimum absolute atomic E-state index is 0.0261. The zero-order chi connectivity index (χ0) is 27.4. The van der Waals surface area contributed by atoms with Crippen molar-refractivity contribution in [1.82, 2.24) is 14.7 Å². The van der Waals surface area contributed by atoms with Crippen LogP contribution in [0.2, 0.25) is 0 Å². The maximum atomic E-state index is 14.8. The molecule has 0 radical (unpaired) electrons. The molecule has 202 valence electrons. The lowest BCUT2D eigenvalue weighted by Crippen LogP contribution is -2.37. The fourth-order valence-electron chi connectivity index (χ4n) is 4.79. The minimum atomic E-state index is -0.512.